The molecule has 0 amide bonds. The van der Waals surface area contributed by atoms with Gasteiger partial charge >= 0.3 is 0 Å². The molecule has 1 aromatic carbocycles. The number of nitrogens with zero attached hydrogens (tertiary/aromatic N) is 1. The molecule has 1 heterocycles. The highest BCUT2D eigenvalue weighted by Crippen LogP contribution is 2.30. The molecule has 0 radical (unpaired) electrons. The number of aromatic nitrogens is 1. The first-order chi connectivity index (χ1) is 9.22. The van der Waals surface area contributed by atoms with Crippen LogP contribution in [0, 0.1) is 5.82 Å². The lowest BCUT2D eigenvalue weighted by molar-refractivity contribution is 0.560. The van der Waals surface area contributed by atoms with Crippen molar-refractivity contribution in [2.24, 2.45) is 0 Å². The number of benzene rings is 1. The molecule has 0 saturated carbocycles. The van der Waals surface area contributed by atoms with Crippen molar-refractivity contribution in [1.82, 2.24) is 10.3 Å². The average Bonchev–Trinajstić information content (AvgIpc) is 2.43. The van der Waals surface area contributed by atoms with Crippen molar-refractivity contribution in [3.05, 3.63) is 58.6 Å². The van der Waals surface area contributed by atoms with Crippen LogP contribution in [0.2, 0.25) is 0 Å². The van der Waals surface area contributed by atoms with Gasteiger partial charge in [-0.25, -0.2) is 4.39 Å². The topological polar surface area (TPSA) is 24.9 Å². The molecule has 0 aliphatic heterocycles. The van der Waals surface area contributed by atoms with Crippen molar-refractivity contribution >= 4 is 27.7 Å². The van der Waals surface area contributed by atoms with Gasteiger partial charge in [0.05, 0.1) is 6.20 Å². The number of halogens is 2. The van der Waals surface area contributed by atoms with Crippen LogP contribution in [0.15, 0.2) is 52.1 Å². The Morgan fingerprint density at radius 2 is 2.16 bits per heavy atom. The average molecular weight is 341 g/mol. The SMILES string of the molecule is CNC(CSc1ccccc1Br)c1ccncc1F. The summed E-state index contributed by atoms with van der Waals surface area (Å²) in [6.07, 6.45) is 2.87. The van der Waals surface area contributed by atoms with Crippen LogP contribution < -0.4 is 5.32 Å². The predicted octanol–water partition coefficient (Wildman–Crippen LogP) is 4.04. The van der Waals surface area contributed by atoms with Gasteiger partial charge in [-0.1, -0.05) is 12.1 Å². The molecular weight excluding hydrogens is 327 g/mol. The lowest BCUT2D eigenvalue weighted by Gasteiger charge is -2.17. The van der Waals surface area contributed by atoms with Gasteiger partial charge in [0.25, 0.3) is 0 Å². The van der Waals surface area contributed by atoms with E-state index in [-0.39, 0.29) is 11.9 Å². The van der Waals surface area contributed by atoms with Crippen LogP contribution >= 0.6 is 27.7 Å². The first-order valence-electron chi connectivity index (χ1n) is 5.86. The van der Waals surface area contributed by atoms with Gasteiger partial charge in [-0.3, -0.25) is 4.98 Å². The van der Waals surface area contributed by atoms with Gasteiger partial charge in [-0.15, -0.1) is 11.8 Å². The van der Waals surface area contributed by atoms with Crippen LogP contribution in [0.5, 0.6) is 0 Å². The number of nitrogens with one attached hydrogen (secondary N) is 1. The number of hydrogen-bond acceptors (Lipinski definition) is 3. The summed E-state index contributed by atoms with van der Waals surface area (Å²) in [6.45, 7) is 0. The van der Waals surface area contributed by atoms with Gasteiger partial charge in [-0.05, 0) is 41.2 Å². The summed E-state index contributed by atoms with van der Waals surface area (Å²) in [4.78, 5) is 4.93. The van der Waals surface area contributed by atoms with Crippen molar-refractivity contribution in [3.8, 4) is 0 Å². The Kier molecular flexibility index (Phi) is 5.36. The van der Waals surface area contributed by atoms with Crippen molar-refractivity contribution < 1.29 is 4.39 Å². The maximum atomic E-state index is 13.7. The fraction of sp³-hybridized carbons (Fsp3) is 0.214. The standard InChI is InChI=1S/C14H14BrFN2S/c1-17-13(10-6-7-18-8-12(10)16)9-19-14-5-3-2-4-11(14)15/h2-8,13,17H,9H2,1H3. The fourth-order valence-electron chi connectivity index (χ4n) is 1.73. The summed E-state index contributed by atoms with van der Waals surface area (Å²) < 4.78 is 14.8. The highest BCUT2D eigenvalue weighted by atomic mass is 79.9. The summed E-state index contributed by atoms with van der Waals surface area (Å²) in [5.74, 6) is 0.481. The van der Waals surface area contributed by atoms with Crippen LogP contribution in [-0.2, 0) is 0 Å². The number of pyridine rings is 1. The maximum Gasteiger partial charge on any atom is 0.146 e. The van der Waals surface area contributed by atoms with Crippen molar-refractivity contribution in [1.29, 1.82) is 0 Å². The molecule has 0 bridgehead atoms. The molecule has 0 aliphatic carbocycles. The Bertz CT molecular complexity index is 550. The third-order valence-corrected chi connectivity index (χ3v) is 4.89. The van der Waals surface area contributed by atoms with E-state index < -0.39 is 0 Å². The Balaban J connectivity index is 2.09. The summed E-state index contributed by atoms with van der Waals surface area (Å²) in [5.41, 5.74) is 0.650. The largest absolute Gasteiger partial charge is 0.312 e. The lowest BCUT2D eigenvalue weighted by Crippen LogP contribution is -2.20. The number of rotatable bonds is 5. The first kappa shape index (κ1) is 14.5. The molecule has 100 valence electrons. The zero-order valence-corrected chi connectivity index (χ0v) is 12.8. The fourth-order valence-corrected chi connectivity index (χ4v) is 3.43. The van der Waals surface area contributed by atoms with Gasteiger partial charge in [0, 0.05) is 32.9 Å². The second kappa shape index (κ2) is 7.03. The van der Waals surface area contributed by atoms with Crippen molar-refractivity contribution in [2.45, 2.75) is 10.9 Å². The smallest absolute Gasteiger partial charge is 0.146 e. The Hall–Kier alpha value is -0.910. The first-order valence-corrected chi connectivity index (χ1v) is 7.64. The Morgan fingerprint density at radius 3 is 2.84 bits per heavy atom. The van der Waals surface area contributed by atoms with Crippen LogP contribution in [0.1, 0.15) is 11.6 Å². The van der Waals surface area contributed by atoms with E-state index >= 15 is 0 Å². The molecule has 0 fully saturated rings. The second-order valence-electron chi connectivity index (χ2n) is 3.98. The number of hydrogen-bond donors (Lipinski definition) is 1. The van der Waals surface area contributed by atoms with Gasteiger partial charge < -0.3 is 5.32 Å². The molecule has 0 aliphatic rings. The molecule has 0 saturated heterocycles. The monoisotopic (exact) mass is 340 g/mol. The quantitative estimate of drug-likeness (QED) is 0.831. The molecule has 1 atom stereocenters. The molecular formula is C14H14BrFN2S. The Labute approximate surface area is 125 Å². The second-order valence-corrected chi connectivity index (χ2v) is 5.90. The molecule has 1 N–H and O–H groups in total. The van der Waals surface area contributed by atoms with Crippen molar-refractivity contribution in [3.63, 3.8) is 0 Å². The minimum atomic E-state index is -0.269. The molecule has 2 nitrogen and oxygen atoms in total. The summed E-state index contributed by atoms with van der Waals surface area (Å²) in [5, 5.41) is 3.14. The van der Waals surface area contributed by atoms with E-state index in [0.717, 1.165) is 15.1 Å². The van der Waals surface area contributed by atoms with Crippen LogP contribution in [-0.4, -0.2) is 17.8 Å². The zero-order valence-electron chi connectivity index (χ0n) is 10.4. The maximum absolute atomic E-state index is 13.7. The van der Waals surface area contributed by atoms with Crippen LogP contribution in [0.4, 0.5) is 4.39 Å². The minimum Gasteiger partial charge on any atom is -0.312 e. The molecule has 2 aromatic rings. The van der Waals surface area contributed by atoms with Crippen LogP contribution in [0.25, 0.3) is 0 Å². The molecule has 0 spiro atoms. The third kappa shape index (κ3) is 3.78. The van der Waals surface area contributed by atoms with E-state index in [0.29, 0.717) is 5.56 Å². The third-order valence-electron chi connectivity index (χ3n) is 2.77. The van der Waals surface area contributed by atoms with Crippen LogP contribution in [0.3, 0.4) is 0 Å². The summed E-state index contributed by atoms with van der Waals surface area (Å²) in [6, 6.07) is 9.70. The van der Waals surface area contributed by atoms with E-state index in [1.807, 2.05) is 31.3 Å². The molecule has 2 rings (SSSR count). The van der Waals surface area contributed by atoms with E-state index in [1.165, 1.54) is 6.20 Å². The Morgan fingerprint density at radius 1 is 1.37 bits per heavy atom. The lowest BCUT2D eigenvalue weighted by atomic mass is 10.1. The minimum absolute atomic E-state index is 0.0416. The van der Waals surface area contributed by atoms with E-state index in [4.69, 9.17) is 0 Å². The molecule has 19 heavy (non-hydrogen) atoms. The van der Waals surface area contributed by atoms with E-state index in [1.54, 1.807) is 24.0 Å². The predicted molar refractivity (Wildman–Crippen MR) is 80.9 cm³/mol. The molecule has 1 aromatic heterocycles. The highest BCUT2D eigenvalue weighted by molar-refractivity contribution is 9.10. The van der Waals surface area contributed by atoms with Gasteiger partial charge in [0.15, 0.2) is 0 Å². The van der Waals surface area contributed by atoms with Gasteiger partial charge in [0.1, 0.15) is 5.82 Å². The highest BCUT2D eigenvalue weighted by Gasteiger charge is 2.14. The molecule has 5 heteroatoms. The van der Waals surface area contributed by atoms with Gasteiger partial charge in [0.2, 0.25) is 0 Å². The van der Waals surface area contributed by atoms with E-state index in [2.05, 4.69) is 26.2 Å². The van der Waals surface area contributed by atoms with Gasteiger partial charge in [-0.2, -0.15) is 0 Å². The number of thioether (sulfide) groups is 1. The van der Waals surface area contributed by atoms with E-state index in [9.17, 15) is 4.39 Å². The summed E-state index contributed by atoms with van der Waals surface area (Å²) in [7, 11) is 1.84. The van der Waals surface area contributed by atoms with Crippen molar-refractivity contribution in [2.75, 3.05) is 12.8 Å². The summed E-state index contributed by atoms with van der Waals surface area (Å²) >= 11 is 5.20. The zero-order chi connectivity index (χ0) is 13.7. The normalized spacial score (nSPS) is 12.4. The molecule has 1 unspecified atom stereocenters.